The first-order chi connectivity index (χ1) is 9.66. The Labute approximate surface area is 121 Å². The van der Waals surface area contributed by atoms with Crippen molar-refractivity contribution in [3.8, 4) is 0 Å². The normalized spacial score (nSPS) is 27.2. The molecule has 4 nitrogen and oxygen atoms in total. The number of carbonyl (C=O) groups excluding carboxylic acids is 1. The van der Waals surface area contributed by atoms with Crippen molar-refractivity contribution in [3.63, 3.8) is 0 Å². The number of fused-ring (bicyclic) bond motifs is 1. The number of quaternary nitrogens is 2. The largest absolute Gasteiger partial charge is 0.328 e. The van der Waals surface area contributed by atoms with E-state index in [0.29, 0.717) is 5.91 Å². The summed E-state index contributed by atoms with van der Waals surface area (Å²) in [4.78, 5) is 17.8. The van der Waals surface area contributed by atoms with Crippen LogP contribution < -0.4 is 14.7 Å². The molecule has 2 aliphatic rings. The Bertz CT molecular complexity index is 494. The summed E-state index contributed by atoms with van der Waals surface area (Å²) in [6.45, 7) is 7.50. The van der Waals surface area contributed by atoms with Gasteiger partial charge < -0.3 is 14.7 Å². The first-order valence-corrected chi connectivity index (χ1v) is 7.72. The maximum atomic E-state index is 12.8. The number of carbonyl (C=O) groups is 1. The Kier molecular flexibility index (Phi) is 3.76. The standard InChI is InChI=1S/C16H23N3O/c1-13(18-11-9-17(2)10-12-18)16(20)19-8-7-14-5-3-4-6-15(14)19/h3-6,13H,7-12H2,1-2H3/p+2/t13-/m0/s1. The second kappa shape index (κ2) is 5.54. The lowest BCUT2D eigenvalue weighted by atomic mass is 10.1. The average molecular weight is 275 g/mol. The zero-order valence-corrected chi connectivity index (χ0v) is 12.5. The quantitative estimate of drug-likeness (QED) is 0.667. The molecule has 4 heteroatoms. The minimum atomic E-state index is 0.0780. The van der Waals surface area contributed by atoms with Gasteiger partial charge in [0.15, 0.2) is 6.04 Å². The van der Waals surface area contributed by atoms with Crippen molar-refractivity contribution >= 4 is 11.6 Å². The molecule has 1 atom stereocenters. The number of rotatable bonds is 2. The molecule has 0 radical (unpaired) electrons. The van der Waals surface area contributed by atoms with E-state index in [9.17, 15) is 4.79 Å². The molecule has 2 N–H and O–H groups in total. The Morgan fingerprint density at radius 2 is 1.90 bits per heavy atom. The molecule has 3 rings (SSSR count). The number of para-hydroxylation sites is 1. The van der Waals surface area contributed by atoms with Crippen molar-refractivity contribution in [3.05, 3.63) is 29.8 Å². The smallest absolute Gasteiger partial charge is 0.284 e. The minimum absolute atomic E-state index is 0.0780. The molecule has 20 heavy (non-hydrogen) atoms. The lowest BCUT2D eigenvalue weighted by Gasteiger charge is -2.32. The van der Waals surface area contributed by atoms with Crippen LogP contribution in [0.4, 0.5) is 5.69 Å². The van der Waals surface area contributed by atoms with Gasteiger partial charge in [-0.3, -0.25) is 4.79 Å². The van der Waals surface area contributed by atoms with Gasteiger partial charge in [0, 0.05) is 12.2 Å². The number of likely N-dealkylation sites (N-methyl/N-ethyl adjacent to an activating group) is 1. The Hall–Kier alpha value is -1.39. The number of benzene rings is 1. The number of nitrogens with zero attached hydrogens (tertiary/aromatic N) is 1. The molecule has 2 heterocycles. The van der Waals surface area contributed by atoms with E-state index in [0.717, 1.165) is 31.7 Å². The molecule has 0 saturated carbocycles. The third kappa shape index (κ3) is 2.45. The Balaban J connectivity index is 1.70. The Morgan fingerprint density at radius 1 is 1.20 bits per heavy atom. The van der Waals surface area contributed by atoms with Crippen LogP contribution in [-0.4, -0.2) is 51.7 Å². The van der Waals surface area contributed by atoms with Crippen LogP contribution in [0.5, 0.6) is 0 Å². The zero-order valence-electron chi connectivity index (χ0n) is 12.5. The molecule has 1 aromatic rings. The topological polar surface area (TPSA) is 29.2 Å². The van der Waals surface area contributed by atoms with Gasteiger partial charge in [0.1, 0.15) is 26.2 Å². The second-order valence-electron chi connectivity index (χ2n) is 6.21. The van der Waals surface area contributed by atoms with Gasteiger partial charge in [-0.25, -0.2) is 0 Å². The summed E-state index contributed by atoms with van der Waals surface area (Å²) in [5.74, 6) is 0.296. The van der Waals surface area contributed by atoms with E-state index in [-0.39, 0.29) is 6.04 Å². The van der Waals surface area contributed by atoms with Crippen molar-refractivity contribution in [2.75, 3.05) is 44.7 Å². The molecule has 108 valence electrons. The minimum Gasteiger partial charge on any atom is -0.328 e. The number of hydrogen-bond acceptors (Lipinski definition) is 1. The average Bonchev–Trinajstić information content (AvgIpc) is 2.90. The summed E-state index contributed by atoms with van der Waals surface area (Å²) in [6, 6.07) is 8.39. The lowest BCUT2D eigenvalue weighted by molar-refractivity contribution is -1.01. The van der Waals surface area contributed by atoms with Gasteiger partial charge in [0.25, 0.3) is 5.91 Å². The van der Waals surface area contributed by atoms with E-state index in [1.54, 1.807) is 4.90 Å². The summed E-state index contributed by atoms with van der Waals surface area (Å²) in [6.07, 6.45) is 0.997. The summed E-state index contributed by atoms with van der Waals surface area (Å²) in [5, 5.41) is 0. The third-order valence-electron chi connectivity index (χ3n) is 4.88. The van der Waals surface area contributed by atoms with E-state index in [2.05, 4.69) is 32.2 Å². The van der Waals surface area contributed by atoms with Gasteiger partial charge in [-0.1, -0.05) is 18.2 Å². The second-order valence-corrected chi connectivity index (χ2v) is 6.21. The molecule has 0 spiro atoms. The van der Waals surface area contributed by atoms with Gasteiger partial charge in [-0.15, -0.1) is 0 Å². The predicted octanol–water partition coefficient (Wildman–Crippen LogP) is -1.62. The third-order valence-corrected chi connectivity index (χ3v) is 4.88. The van der Waals surface area contributed by atoms with Crippen molar-refractivity contribution in [1.29, 1.82) is 0 Å². The molecule has 1 fully saturated rings. The summed E-state index contributed by atoms with van der Waals surface area (Å²) in [5.41, 5.74) is 2.44. The fourth-order valence-electron chi connectivity index (χ4n) is 3.41. The molecular weight excluding hydrogens is 250 g/mol. The van der Waals surface area contributed by atoms with Gasteiger partial charge >= 0.3 is 0 Å². The number of nitrogens with one attached hydrogen (secondary N) is 2. The number of anilines is 1. The van der Waals surface area contributed by atoms with E-state index in [1.807, 2.05) is 11.0 Å². The first-order valence-electron chi connectivity index (χ1n) is 7.72. The fourth-order valence-corrected chi connectivity index (χ4v) is 3.41. The van der Waals surface area contributed by atoms with Gasteiger partial charge in [0.05, 0.1) is 7.05 Å². The SMILES string of the molecule is C[C@@H](C(=O)N1CCc2ccccc21)[NH+]1CC[NH+](C)CC1. The zero-order chi connectivity index (χ0) is 14.1. The van der Waals surface area contributed by atoms with Crippen molar-refractivity contribution in [1.82, 2.24) is 0 Å². The molecule has 1 amide bonds. The summed E-state index contributed by atoms with van der Waals surface area (Å²) < 4.78 is 0. The fraction of sp³-hybridized carbons (Fsp3) is 0.562. The van der Waals surface area contributed by atoms with Gasteiger partial charge in [-0.2, -0.15) is 0 Å². The molecular formula is C16H25N3O+2. The highest BCUT2D eigenvalue weighted by Crippen LogP contribution is 2.27. The van der Waals surface area contributed by atoms with Crippen LogP contribution in [0.2, 0.25) is 0 Å². The summed E-state index contributed by atoms with van der Waals surface area (Å²) >= 11 is 0. The van der Waals surface area contributed by atoms with E-state index >= 15 is 0 Å². The number of piperazine rings is 1. The van der Waals surface area contributed by atoms with Crippen LogP contribution in [0.3, 0.4) is 0 Å². The predicted molar refractivity (Wildman–Crippen MR) is 79.3 cm³/mol. The summed E-state index contributed by atoms with van der Waals surface area (Å²) in [7, 11) is 2.24. The molecule has 0 aliphatic carbocycles. The maximum absolute atomic E-state index is 12.8. The molecule has 1 aromatic carbocycles. The maximum Gasteiger partial charge on any atom is 0.284 e. The molecule has 1 saturated heterocycles. The van der Waals surface area contributed by atoms with Gasteiger partial charge in [0.2, 0.25) is 0 Å². The number of amides is 1. The lowest BCUT2D eigenvalue weighted by Crippen LogP contribution is -3.29. The van der Waals surface area contributed by atoms with Crippen LogP contribution in [0, 0.1) is 0 Å². The molecule has 0 aromatic heterocycles. The monoisotopic (exact) mass is 275 g/mol. The van der Waals surface area contributed by atoms with Crippen LogP contribution in [0.25, 0.3) is 0 Å². The van der Waals surface area contributed by atoms with Crippen LogP contribution >= 0.6 is 0 Å². The molecule has 0 unspecified atom stereocenters. The van der Waals surface area contributed by atoms with Crippen molar-refractivity contribution < 1.29 is 14.6 Å². The van der Waals surface area contributed by atoms with Crippen LogP contribution in [0.1, 0.15) is 12.5 Å². The Morgan fingerprint density at radius 3 is 2.65 bits per heavy atom. The highest BCUT2D eigenvalue weighted by atomic mass is 16.2. The van der Waals surface area contributed by atoms with E-state index in [4.69, 9.17) is 0 Å². The highest BCUT2D eigenvalue weighted by Gasteiger charge is 2.35. The van der Waals surface area contributed by atoms with Crippen LogP contribution in [-0.2, 0) is 11.2 Å². The molecule has 0 bridgehead atoms. The van der Waals surface area contributed by atoms with Gasteiger partial charge in [-0.05, 0) is 25.0 Å². The van der Waals surface area contributed by atoms with Crippen molar-refractivity contribution in [2.24, 2.45) is 0 Å². The van der Waals surface area contributed by atoms with Crippen LogP contribution in [0.15, 0.2) is 24.3 Å². The highest BCUT2D eigenvalue weighted by molar-refractivity contribution is 5.97. The van der Waals surface area contributed by atoms with Crippen molar-refractivity contribution in [2.45, 2.75) is 19.4 Å². The first kappa shape index (κ1) is 13.6. The molecule has 2 aliphatic heterocycles. The van der Waals surface area contributed by atoms with E-state index < -0.39 is 0 Å². The van der Waals surface area contributed by atoms with E-state index in [1.165, 1.54) is 23.6 Å². The number of hydrogen-bond donors (Lipinski definition) is 2.